The van der Waals surface area contributed by atoms with Crippen LogP contribution in [0.3, 0.4) is 0 Å². The minimum atomic E-state index is -1.09. The van der Waals surface area contributed by atoms with Crippen molar-refractivity contribution in [2.75, 3.05) is 68.8 Å². The van der Waals surface area contributed by atoms with E-state index in [1.807, 2.05) is 63.5 Å². The number of hydrogen-bond donors (Lipinski definition) is 2. The van der Waals surface area contributed by atoms with Crippen LogP contribution in [0.5, 0.6) is 11.6 Å². The first-order valence-corrected chi connectivity index (χ1v) is 28.5. The van der Waals surface area contributed by atoms with Gasteiger partial charge in [-0.2, -0.15) is 5.26 Å². The number of ketones is 1. The zero-order valence-corrected chi connectivity index (χ0v) is 48.9. The third-order valence-corrected chi connectivity index (χ3v) is 15.5. The maximum absolute atomic E-state index is 13.6. The molecular weight excluding hydrogens is 1100 g/mol. The van der Waals surface area contributed by atoms with E-state index < -0.39 is 23.5 Å². The molecule has 86 heavy (non-hydrogen) atoms. The van der Waals surface area contributed by atoms with E-state index in [2.05, 4.69) is 51.8 Å². The molecule has 3 aliphatic heterocycles. The van der Waals surface area contributed by atoms with Crippen LogP contribution < -0.4 is 19.9 Å². The average molecular weight is 1170 g/mol. The number of amides is 3. The van der Waals surface area contributed by atoms with Gasteiger partial charge in [-0.15, -0.1) is 10.2 Å². The SMILES string of the molecule is C[C@@H]1CN(c2ncc(-c3ccc4c(n3)N(Cc3cccnc3C#N)C(C)(C)C4=O)cn2)CCN1C(=O)Cn1cc(CN2CCN(C(=O)COCCn3cc(-c4cccc(Oc5ccc(C(=O)N[C@@H](CCC(C)(C)C)C(=O)O)cn5)c4)nn3)CC2)nn1. The minimum absolute atomic E-state index is 0.0437. The van der Waals surface area contributed by atoms with Crippen LogP contribution in [0, 0.1) is 16.7 Å². The monoisotopic (exact) mass is 1170 g/mol. The Morgan fingerprint density at radius 2 is 1.64 bits per heavy atom. The molecule has 0 saturated carbocycles. The zero-order chi connectivity index (χ0) is 60.7. The Bertz CT molecular complexity index is 3640. The summed E-state index contributed by atoms with van der Waals surface area (Å²) in [6.07, 6.45) is 10.8. The maximum atomic E-state index is 13.6. The Kier molecular flexibility index (Phi) is 17.8. The molecule has 9 heterocycles. The lowest BCUT2D eigenvalue weighted by Gasteiger charge is -2.39. The highest BCUT2D eigenvalue weighted by Crippen LogP contribution is 2.40. The molecule has 3 amide bonds. The minimum Gasteiger partial charge on any atom is -0.480 e. The number of nitrogens with one attached hydrogen (secondary N) is 1. The molecule has 2 N–H and O–H groups in total. The van der Waals surface area contributed by atoms with Gasteiger partial charge in [-0.1, -0.05) is 49.4 Å². The highest BCUT2D eigenvalue weighted by Gasteiger charge is 2.45. The molecule has 26 nitrogen and oxygen atoms in total. The fourth-order valence-corrected chi connectivity index (χ4v) is 10.5. The molecule has 446 valence electrons. The molecule has 0 bridgehead atoms. The lowest BCUT2D eigenvalue weighted by atomic mass is 9.88. The van der Waals surface area contributed by atoms with E-state index in [0.717, 1.165) is 11.3 Å². The molecule has 0 radical (unpaired) electrons. The molecule has 26 heteroatoms. The molecule has 6 aromatic heterocycles. The number of ether oxygens (including phenoxy) is 2. The van der Waals surface area contributed by atoms with Gasteiger partial charge in [0.2, 0.25) is 23.6 Å². The summed E-state index contributed by atoms with van der Waals surface area (Å²) < 4.78 is 14.9. The zero-order valence-electron chi connectivity index (χ0n) is 48.9. The number of carboxylic acids is 1. The Balaban J connectivity index is 0.621. The number of nitriles is 1. The van der Waals surface area contributed by atoms with Crippen molar-refractivity contribution in [2.24, 2.45) is 5.41 Å². The summed E-state index contributed by atoms with van der Waals surface area (Å²) in [5.74, 6) is -0.0782. The van der Waals surface area contributed by atoms with Gasteiger partial charge in [-0.25, -0.2) is 39.1 Å². The smallest absolute Gasteiger partial charge is 0.326 e. The van der Waals surface area contributed by atoms with E-state index in [4.69, 9.17) is 24.4 Å². The predicted molar refractivity (Wildman–Crippen MR) is 312 cm³/mol. The number of carbonyl (C=O) groups is 5. The van der Waals surface area contributed by atoms with Gasteiger partial charge in [0.25, 0.3) is 5.91 Å². The Hall–Kier alpha value is -9.61. The first-order valence-electron chi connectivity index (χ1n) is 28.5. The van der Waals surface area contributed by atoms with Crippen LogP contribution in [0.25, 0.3) is 22.5 Å². The lowest BCUT2D eigenvalue weighted by molar-refractivity contribution is -0.140. The number of fused-ring (bicyclic) bond motifs is 1. The quantitative estimate of drug-likeness (QED) is 0.0901. The van der Waals surface area contributed by atoms with Crippen LogP contribution in [0.15, 0.2) is 97.8 Å². The summed E-state index contributed by atoms with van der Waals surface area (Å²) in [7, 11) is 0. The van der Waals surface area contributed by atoms with Gasteiger partial charge < -0.3 is 39.5 Å². The number of anilines is 2. The number of piperazine rings is 2. The molecule has 2 atom stereocenters. The molecule has 2 fully saturated rings. The highest BCUT2D eigenvalue weighted by atomic mass is 16.5. The van der Waals surface area contributed by atoms with Crippen molar-refractivity contribution in [3.8, 4) is 40.2 Å². The number of hydrogen-bond acceptors (Lipinski definition) is 20. The largest absolute Gasteiger partial charge is 0.480 e. The van der Waals surface area contributed by atoms with Crippen LogP contribution in [0.1, 0.15) is 92.1 Å². The number of benzene rings is 1. The van der Waals surface area contributed by atoms with Crippen molar-refractivity contribution in [2.45, 2.75) is 98.2 Å². The topological polar surface area (TPSA) is 302 Å². The van der Waals surface area contributed by atoms with Crippen molar-refractivity contribution in [3.63, 3.8) is 0 Å². The van der Waals surface area contributed by atoms with Crippen molar-refractivity contribution >= 4 is 41.2 Å². The number of pyridine rings is 3. The number of nitrogens with zero attached hydrogens (tertiary/aromatic N) is 17. The van der Waals surface area contributed by atoms with Crippen molar-refractivity contribution in [1.82, 2.24) is 74.9 Å². The first-order chi connectivity index (χ1) is 41.3. The number of aromatic nitrogens is 11. The fraction of sp³-hybridized carbons (Fsp3) is 0.417. The maximum Gasteiger partial charge on any atom is 0.326 e. The van der Waals surface area contributed by atoms with Gasteiger partial charge in [-0.05, 0) is 75.4 Å². The molecule has 0 aliphatic carbocycles. The average Bonchev–Trinajstić information content (AvgIpc) is 1.81. The normalized spacial score (nSPS) is 16.4. The predicted octanol–water partition coefficient (Wildman–Crippen LogP) is 4.93. The Labute approximate surface area is 496 Å². The van der Waals surface area contributed by atoms with Gasteiger partial charge in [0.1, 0.15) is 48.2 Å². The lowest BCUT2D eigenvalue weighted by Crippen LogP contribution is -2.55. The first kappa shape index (κ1) is 59.5. The summed E-state index contributed by atoms with van der Waals surface area (Å²) in [4.78, 5) is 97.4. The van der Waals surface area contributed by atoms with Crippen molar-refractivity contribution in [3.05, 3.63) is 126 Å². The highest BCUT2D eigenvalue weighted by molar-refractivity contribution is 6.13. The molecule has 0 unspecified atom stereocenters. The fourth-order valence-electron chi connectivity index (χ4n) is 10.5. The molecule has 3 aliphatic rings. The molecule has 1 aromatic carbocycles. The van der Waals surface area contributed by atoms with Gasteiger partial charge >= 0.3 is 5.97 Å². The molecule has 0 spiro atoms. The molecule has 2 saturated heterocycles. The number of aliphatic carboxylic acids is 1. The second kappa shape index (κ2) is 25.7. The second-order valence-electron chi connectivity index (χ2n) is 23.3. The van der Waals surface area contributed by atoms with Crippen LogP contribution in [-0.2, 0) is 45.3 Å². The van der Waals surface area contributed by atoms with E-state index in [1.165, 1.54) is 12.3 Å². The van der Waals surface area contributed by atoms with E-state index in [0.29, 0.717) is 123 Å². The Morgan fingerprint density at radius 1 is 0.849 bits per heavy atom. The van der Waals surface area contributed by atoms with Crippen molar-refractivity contribution < 1.29 is 38.6 Å². The van der Waals surface area contributed by atoms with E-state index in [9.17, 15) is 34.3 Å². The van der Waals surface area contributed by atoms with Crippen LogP contribution in [-0.4, -0.2) is 181 Å². The van der Waals surface area contributed by atoms with E-state index in [-0.39, 0.29) is 66.8 Å². The Morgan fingerprint density at radius 3 is 2.37 bits per heavy atom. The third kappa shape index (κ3) is 14.1. The van der Waals surface area contributed by atoms with Crippen LogP contribution in [0.2, 0.25) is 0 Å². The van der Waals surface area contributed by atoms with Gasteiger partial charge in [-0.3, -0.25) is 24.1 Å². The number of Topliss-reactive ketones (excluding diaryl/α,β-unsaturated/α-hetero) is 1. The van der Waals surface area contributed by atoms with E-state index in [1.54, 1.807) is 87.7 Å². The van der Waals surface area contributed by atoms with Gasteiger partial charge in [0.05, 0.1) is 53.6 Å². The van der Waals surface area contributed by atoms with Crippen LogP contribution in [0.4, 0.5) is 11.8 Å². The molecule has 10 rings (SSSR count). The number of rotatable bonds is 21. The summed E-state index contributed by atoms with van der Waals surface area (Å²) >= 11 is 0. The molecule has 7 aromatic rings. The summed E-state index contributed by atoms with van der Waals surface area (Å²) in [5.41, 5.74) is 4.11. The third-order valence-electron chi connectivity index (χ3n) is 15.5. The molecular formula is C60H68N18O8. The van der Waals surface area contributed by atoms with Crippen LogP contribution >= 0.6 is 0 Å². The number of carbonyl (C=O) groups excluding carboxylic acids is 4. The van der Waals surface area contributed by atoms with Crippen molar-refractivity contribution in [1.29, 1.82) is 5.26 Å². The second-order valence-corrected chi connectivity index (χ2v) is 23.3. The summed E-state index contributed by atoms with van der Waals surface area (Å²) in [5, 5.41) is 39.0. The standard InChI is InChI=1S/C60H68N18O8/c1-39-32-74(58-64-30-43(31-65-58)47-14-13-46-54(81)60(5,6)78(55(46)66-47)33-42-10-8-18-62-49(42)28-61)23-24-77(39)52(79)37-76-35-44(68-70-76)34-72-19-21-73(22-20-72)53(80)38-85-26-25-75-36-50(69-71-75)40-9-7-11-45(27-40)86-51-15-12-41(29-63-51)56(82)67-48(57(83)84)16-17-59(2,3)4/h7-15,18,27,29-31,35-36,39,48H,16-17,19-26,32-34,37-38H2,1-6H3,(H,67,82)(H,83,84)/t39-,48+/m1/s1. The van der Waals surface area contributed by atoms with Gasteiger partial charge in [0.15, 0.2) is 5.78 Å². The van der Waals surface area contributed by atoms with E-state index >= 15 is 0 Å². The van der Waals surface area contributed by atoms with Gasteiger partial charge in [0, 0.05) is 112 Å². The summed E-state index contributed by atoms with van der Waals surface area (Å²) in [6, 6.07) is 18.5. The number of carboxylic acid groups (broad SMARTS) is 1. The summed E-state index contributed by atoms with van der Waals surface area (Å²) in [6.45, 7) is 17.0.